The summed E-state index contributed by atoms with van der Waals surface area (Å²) in [5, 5.41) is 9.41. The molecule has 0 aliphatic heterocycles. The van der Waals surface area contributed by atoms with E-state index in [4.69, 9.17) is 9.31 Å². The number of halogens is 2. The summed E-state index contributed by atoms with van der Waals surface area (Å²) in [5.74, 6) is 0. The Morgan fingerprint density at radius 2 is 1.06 bits per heavy atom. The molecule has 108 valence electrons. The molecule has 0 spiro atoms. The first-order chi connectivity index (χ1) is 8.81. The zero-order valence-corrected chi connectivity index (χ0v) is 15.4. The van der Waals surface area contributed by atoms with Gasteiger partial charge in [0, 0.05) is 13.2 Å². The second-order valence-electron chi connectivity index (χ2n) is 4.26. The average molecular weight is 482 g/mol. The summed E-state index contributed by atoms with van der Waals surface area (Å²) in [7, 11) is -1.03. The third-order valence-electron chi connectivity index (χ3n) is 2.58. The van der Waals surface area contributed by atoms with Crippen molar-refractivity contribution in [3.8, 4) is 0 Å². The molecule has 0 heterocycles. The lowest BCUT2D eigenvalue weighted by Gasteiger charge is -2.08. The van der Waals surface area contributed by atoms with Crippen molar-refractivity contribution < 1.29 is 14.3 Å². The SMILES string of the molecule is OB(OCCCCCCI)OCCCCCCI. The van der Waals surface area contributed by atoms with Crippen LogP contribution in [0.2, 0.25) is 0 Å². The first kappa shape index (κ1) is 19.4. The van der Waals surface area contributed by atoms with E-state index in [1.807, 2.05) is 0 Å². The highest BCUT2D eigenvalue weighted by atomic mass is 127. The van der Waals surface area contributed by atoms with Gasteiger partial charge in [0.25, 0.3) is 0 Å². The zero-order valence-electron chi connectivity index (χ0n) is 11.1. The van der Waals surface area contributed by atoms with Crippen LogP contribution >= 0.6 is 45.2 Å². The second-order valence-corrected chi connectivity index (χ2v) is 6.41. The maximum absolute atomic E-state index is 9.41. The van der Waals surface area contributed by atoms with Crippen molar-refractivity contribution in [1.82, 2.24) is 0 Å². The Labute approximate surface area is 139 Å². The molecule has 1 N–H and O–H groups in total. The minimum Gasteiger partial charge on any atom is -0.402 e. The Hall–Kier alpha value is 1.40. The molecule has 0 aromatic rings. The zero-order chi connectivity index (χ0) is 13.5. The second kappa shape index (κ2) is 16.5. The highest BCUT2D eigenvalue weighted by Crippen LogP contribution is 2.04. The van der Waals surface area contributed by atoms with Gasteiger partial charge in [-0.1, -0.05) is 70.9 Å². The average Bonchev–Trinajstić information content (AvgIpc) is 2.38. The van der Waals surface area contributed by atoms with Crippen molar-refractivity contribution in [3.63, 3.8) is 0 Å². The fourth-order valence-corrected chi connectivity index (χ4v) is 2.60. The van der Waals surface area contributed by atoms with Crippen LogP contribution in [-0.4, -0.2) is 34.4 Å². The van der Waals surface area contributed by atoms with E-state index < -0.39 is 7.32 Å². The monoisotopic (exact) mass is 482 g/mol. The molecule has 0 aliphatic rings. The van der Waals surface area contributed by atoms with Crippen molar-refractivity contribution in [2.24, 2.45) is 0 Å². The predicted molar refractivity (Wildman–Crippen MR) is 94.6 cm³/mol. The third-order valence-corrected chi connectivity index (χ3v) is 4.10. The quantitative estimate of drug-likeness (QED) is 0.176. The van der Waals surface area contributed by atoms with E-state index in [-0.39, 0.29) is 0 Å². The number of alkyl halides is 2. The van der Waals surface area contributed by atoms with E-state index in [1.54, 1.807) is 0 Å². The smallest absolute Gasteiger partial charge is 0.402 e. The lowest BCUT2D eigenvalue weighted by Crippen LogP contribution is -2.23. The Morgan fingerprint density at radius 1 is 0.667 bits per heavy atom. The van der Waals surface area contributed by atoms with Gasteiger partial charge in [-0.15, -0.1) is 0 Å². The summed E-state index contributed by atoms with van der Waals surface area (Å²) in [4.78, 5) is 0. The summed E-state index contributed by atoms with van der Waals surface area (Å²) in [5.41, 5.74) is 0. The van der Waals surface area contributed by atoms with Gasteiger partial charge in [-0.05, 0) is 34.5 Å². The summed E-state index contributed by atoms with van der Waals surface area (Å²) < 4.78 is 12.8. The Bertz CT molecular complexity index is 148. The summed E-state index contributed by atoms with van der Waals surface area (Å²) in [6.45, 7) is 1.19. The van der Waals surface area contributed by atoms with Crippen LogP contribution in [0.15, 0.2) is 0 Å². The normalized spacial score (nSPS) is 10.8. The van der Waals surface area contributed by atoms with Gasteiger partial charge >= 0.3 is 7.32 Å². The first-order valence-corrected chi connectivity index (χ1v) is 9.89. The van der Waals surface area contributed by atoms with Gasteiger partial charge in [0.05, 0.1) is 0 Å². The minimum atomic E-state index is -1.03. The van der Waals surface area contributed by atoms with Crippen molar-refractivity contribution in [2.75, 3.05) is 22.1 Å². The fraction of sp³-hybridized carbons (Fsp3) is 1.00. The maximum atomic E-state index is 9.41. The summed E-state index contributed by atoms with van der Waals surface area (Å²) in [6.07, 6.45) is 9.41. The molecular weight excluding hydrogens is 457 g/mol. The fourth-order valence-electron chi connectivity index (χ4n) is 1.52. The van der Waals surface area contributed by atoms with Crippen LogP contribution in [-0.2, 0) is 9.31 Å². The number of hydrogen-bond acceptors (Lipinski definition) is 3. The molecule has 6 heteroatoms. The van der Waals surface area contributed by atoms with E-state index >= 15 is 0 Å². The molecule has 0 fully saturated rings. The highest BCUT2D eigenvalue weighted by Gasteiger charge is 2.14. The molecule has 0 bridgehead atoms. The van der Waals surface area contributed by atoms with Gasteiger partial charge in [-0.25, -0.2) is 0 Å². The molecule has 0 radical (unpaired) electrons. The lowest BCUT2D eigenvalue weighted by molar-refractivity contribution is 0.128. The molecular formula is C12H25BI2O3. The van der Waals surface area contributed by atoms with Crippen molar-refractivity contribution in [3.05, 3.63) is 0 Å². The van der Waals surface area contributed by atoms with Crippen LogP contribution in [0.3, 0.4) is 0 Å². The van der Waals surface area contributed by atoms with Crippen molar-refractivity contribution >= 4 is 52.5 Å². The molecule has 0 amide bonds. The number of rotatable bonds is 14. The molecule has 0 rings (SSSR count). The van der Waals surface area contributed by atoms with E-state index in [2.05, 4.69) is 45.2 Å². The molecule has 0 unspecified atom stereocenters. The van der Waals surface area contributed by atoms with Gasteiger partial charge in [-0.3, -0.25) is 0 Å². The lowest BCUT2D eigenvalue weighted by atomic mass is 10.2. The van der Waals surface area contributed by atoms with Gasteiger partial charge in [0.15, 0.2) is 0 Å². The minimum absolute atomic E-state index is 0.594. The Kier molecular flexibility index (Phi) is 17.7. The maximum Gasteiger partial charge on any atom is 0.636 e. The topological polar surface area (TPSA) is 38.7 Å². The standard InChI is InChI=1S/C12H25BI2O3/c14-9-5-1-3-7-11-17-13(16)18-12-8-4-2-6-10-15/h16H,1-12H2. The Morgan fingerprint density at radius 3 is 1.44 bits per heavy atom. The first-order valence-electron chi connectivity index (χ1n) is 6.84. The molecule has 0 atom stereocenters. The van der Waals surface area contributed by atoms with Crippen LogP contribution < -0.4 is 0 Å². The molecule has 0 saturated heterocycles. The van der Waals surface area contributed by atoms with E-state index in [1.165, 1.54) is 47.4 Å². The van der Waals surface area contributed by atoms with Crippen LogP contribution in [0.4, 0.5) is 0 Å². The van der Waals surface area contributed by atoms with Crippen molar-refractivity contribution in [1.29, 1.82) is 0 Å². The highest BCUT2D eigenvalue weighted by molar-refractivity contribution is 14.1. The van der Waals surface area contributed by atoms with Crippen LogP contribution in [0, 0.1) is 0 Å². The number of unbranched alkanes of at least 4 members (excludes halogenated alkanes) is 6. The molecule has 0 aliphatic carbocycles. The largest absolute Gasteiger partial charge is 0.636 e. The van der Waals surface area contributed by atoms with Crippen molar-refractivity contribution in [2.45, 2.75) is 51.4 Å². The van der Waals surface area contributed by atoms with Gasteiger partial charge < -0.3 is 14.3 Å². The van der Waals surface area contributed by atoms with Crippen LogP contribution in [0.5, 0.6) is 0 Å². The Balaban J connectivity index is 3.10. The molecule has 0 saturated carbocycles. The van der Waals surface area contributed by atoms with Gasteiger partial charge in [0.2, 0.25) is 0 Å². The molecule has 3 nitrogen and oxygen atoms in total. The predicted octanol–water partition coefficient (Wildman–Crippen LogP) is 3.99. The summed E-state index contributed by atoms with van der Waals surface area (Å²) >= 11 is 4.79. The van der Waals surface area contributed by atoms with E-state index in [9.17, 15) is 5.02 Å². The van der Waals surface area contributed by atoms with Gasteiger partial charge in [-0.2, -0.15) is 0 Å². The van der Waals surface area contributed by atoms with Gasteiger partial charge in [0.1, 0.15) is 0 Å². The number of hydrogen-bond donors (Lipinski definition) is 1. The molecule has 18 heavy (non-hydrogen) atoms. The van der Waals surface area contributed by atoms with Crippen LogP contribution in [0.25, 0.3) is 0 Å². The molecule has 0 aromatic heterocycles. The van der Waals surface area contributed by atoms with E-state index in [0.29, 0.717) is 13.2 Å². The molecule has 0 aromatic carbocycles. The summed E-state index contributed by atoms with van der Waals surface area (Å²) in [6, 6.07) is 0. The van der Waals surface area contributed by atoms with Crippen LogP contribution in [0.1, 0.15) is 51.4 Å². The van der Waals surface area contributed by atoms with E-state index in [0.717, 1.165) is 12.8 Å². The third kappa shape index (κ3) is 15.5.